The molecule has 0 unspecified atom stereocenters. The van der Waals surface area contributed by atoms with E-state index in [9.17, 15) is 4.79 Å². The number of carbonyl (C=O) groups excluding carboxylic acids is 1. The summed E-state index contributed by atoms with van der Waals surface area (Å²) in [5, 5.41) is 3.62. The molecule has 1 aliphatic rings. The van der Waals surface area contributed by atoms with Crippen LogP contribution in [0.5, 0.6) is 0 Å². The first-order valence-corrected chi connectivity index (χ1v) is 9.89. The fourth-order valence-corrected chi connectivity index (χ4v) is 4.23. The molecule has 0 N–H and O–H groups in total. The molecule has 0 atom stereocenters. The van der Waals surface area contributed by atoms with Crippen molar-refractivity contribution in [2.75, 3.05) is 6.54 Å². The second-order valence-corrected chi connectivity index (χ2v) is 7.70. The van der Waals surface area contributed by atoms with Crippen molar-refractivity contribution in [2.45, 2.75) is 6.92 Å². The lowest BCUT2D eigenvalue weighted by atomic mass is 10.2. The number of aromatic nitrogens is 1. The summed E-state index contributed by atoms with van der Waals surface area (Å²) in [4.78, 5) is 23.6. The highest BCUT2D eigenvalue weighted by molar-refractivity contribution is 8.18. The van der Waals surface area contributed by atoms with E-state index in [0.29, 0.717) is 26.8 Å². The molecule has 0 bridgehead atoms. The van der Waals surface area contributed by atoms with Crippen LogP contribution in [0.15, 0.2) is 69.4 Å². The number of benzene rings is 1. The lowest BCUT2D eigenvalue weighted by molar-refractivity contribution is -0.121. The Morgan fingerprint density at radius 2 is 2.15 bits per heavy atom. The Labute approximate surface area is 165 Å². The van der Waals surface area contributed by atoms with E-state index in [-0.39, 0.29) is 5.91 Å². The van der Waals surface area contributed by atoms with Gasteiger partial charge in [0.15, 0.2) is 5.17 Å². The summed E-state index contributed by atoms with van der Waals surface area (Å²) in [6, 6.07) is 9.71. The monoisotopic (exact) mass is 401 g/mol. The molecule has 7 heteroatoms. The minimum Gasteiger partial charge on any atom is -0.282 e. The summed E-state index contributed by atoms with van der Waals surface area (Å²) in [5.41, 5.74) is 1.88. The fourth-order valence-electron chi connectivity index (χ4n) is 2.23. The number of hydrogen-bond donors (Lipinski definition) is 0. The molecule has 26 heavy (non-hydrogen) atoms. The van der Waals surface area contributed by atoms with Crippen LogP contribution in [0.1, 0.15) is 11.3 Å². The second kappa shape index (κ2) is 8.49. The molecule has 0 radical (unpaired) electrons. The largest absolute Gasteiger partial charge is 0.282 e. The Morgan fingerprint density at radius 1 is 1.38 bits per heavy atom. The zero-order chi connectivity index (χ0) is 18.5. The quantitative estimate of drug-likeness (QED) is 0.500. The number of rotatable bonds is 5. The average Bonchev–Trinajstić information content (AvgIpc) is 3.14. The Balaban J connectivity index is 1.89. The number of thioether (sulfide) groups is 1. The number of hydrogen-bond acceptors (Lipinski definition) is 5. The van der Waals surface area contributed by atoms with Crippen LogP contribution < -0.4 is 0 Å². The molecule has 0 aliphatic carbocycles. The van der Waals surface area contributed by atoms with Crippen molar-refractivity contribution in [3.05, 3.63) is 75.6 Å². The Bertz CT molecular complexity index is 916. The number of halogens is 1. The van der Waals surface area contributed by atoms with Crippen molar-refractivity contribution in [1.29, 1.82) is 0 Å². The van der Waals surface area contributed by atoms with Gasteiger partial charge in [-0.3, -0.25) is 9.69 Å². The second-order valence-electron chi connectivity index (χ2n) is 5.42. The zero-order valence-corrected chi connectivity index (χ0v) is 16.4. The summed E-state index contributed by atoms with van der Waals surface area (Å²) >= 11 is 9.06. The normalized spacial score (nSPS) is 18.2. The summed E-state index contributed by atoms with van der Waals surface area (Å²) in [7, 11) is 0. The van der Waals surface area contributed by atoms with Crippen LogP contribution in [-0.2, 0) is 4.79 Å². The van der Waals surface area contributed by atoms with Crippen LogP contribution >= 0.6 is 34.7 Å². The first-order valence-electron chi connectivity index (χ1n) is 7.82. The number of thiazole rings is 1. The van der Waals surface area contributed by atoms with Gasteiger partial charge in [0.2, 0.25) is 5.13 Å². The van der Waals surface area contributed by atoms with Gasteiger partial charge in [0.25, 0.3) is 5.91 Å². The third kappa shape index (κ3) is 4.52. The Kier molecular flexibility index (Phi) is 6.08. The van der Waals surface area contributed by atoms with Crippen molar-refractivity contribution in [3.63, 3.8) is 0 Å². The molecule has 1 aromatic heterocycles. The van der Waals surface area contributed by atoms with Crippen LogP contribution in [0.4, 0.5) is 5.13 Å². The van der Waals surface area contributed by atoms with E-state index in [1.165, 1.54) is 23.1 Å². The van der Waals surface area contributed by atoms with Gasteiger partial charge >= 0.3 is 0 Å². The standard InChI is InChI=1S/C19H16ClN3OS2/c1-3-9-23-17(24)16(11-15(20)10-14-7-5-4-6-8-14)26-19(23)22-18-21-13(2)12-25-18/h3-8,10-12H,1,9H2,2H3/b15-10-,16-11-,22-19+. The van der Waals surface area contributed by atoms with Gasteiger partial charge in [-0.15, -0.1) is 17.9 Å². The molecule has 4 nitrogen and oxygen atoms in total. The molecule has 2 aromatic rings. The summed E-state index contributed by atoms with van der Waals surface area (Å²) in [6.07, 6.45) is 5.16. The molecule has 3 rings (SSSR count). The number of amidine groups is 1. The van der Waals surface area contributed by atoms with E-state index in [0.717, 1.165) is 11.3 Å². The average molecular weight is 402 g/mol. The molecular formula is C19H16ClN3OS2. The predicted molar refractivity (Wildman–Crippen MR) is 112 cm³/mol. The Morgan fingerprint density at radius 3 is 2.81 bits per heavy atom. The highest BCUT2D eigenvalue weighted by atomic mass is 35.5. The lowest BCUT2D eigenvalue weighted by Gasteiger charge is -2.11. The van der Waals surface area contributed by atoms with Gasteiger partial charge in [-0.2, -0.15) is 4.99 Å². The maximum absolute atomic E-state index is 12.7. The molecule has 1 aliphatic heterocycles. The smallest absolute Gasteiger partial charge is 0.267 e. The third-order valence-corrected chi connectivity index (χ3v) is 5.45. The van der Waals surface area contributed by atoms with Gasteiger partial charge in [-0.25, -0.2) is 4.98 Å². The molecule has 1 amide bonds. The highest BCUT2D eigenvalue weighted by Gasteiger charge is 2.32. The number of allylic oxidation sites excluding steroid dienone is 2. The van der Waals surface area contributed by atoms with Crippen molar-refractivity contribution < 1.29 is 4.79 Å². The van der Waals surface area contributed by atoms with E-state index < -0.39 is 0 Å². The van der Waals surface area contributed by atoms with Gasteiger partial charge in [0.1, 0.15) is 0 Å². The summed E-state index contributed by atoms with van der Waals surface area (Å²) in [5.74, 6) is -0.137. The number of aryl methyl sites for hydroxylation is 1. The maximum atomic E-state index is 12.7. The van der Waals surface area contributed by atoms with Crippen molar-refractivity contribution in [1.82, 2.24) is 9.88 Å². The first kappa shape index (κ1) is 18.6. The van der Waals surface area contributed by atoms with Crippen LogP contribution in [0, 0.1) is 6.92 Å². The first-order chi connectivity index (χ1) is 12.6. The van der Waals surface area contributed by atoms with Crippen LogP contribution in [0.3, 0.4) is 0 Å². The molecule has 1 aromatic carbocycles. The lowest BCUT2D eigenvalue weighted by Crippen LogP contribution is -2.29. The summed E-state index contributed by atoms with van der Waals surface area (Å²) < 4.78 is 0. The topological polar surface area (TPSA) is 45.6 Å². The van der Waals surface area contributed by atoms with Crippen LogP contribution in [0.2, 0.25) is 0 Å². The van der Waals surface area contributed by atoms with Gasteiger partial charge in [0, 0.05) is 17.0 Å². The van der Waals surface area contributed by atoms with Crippen molar-refractivity contribution in [2.24, 2.45) is 4.99 Å². The molecule has 1 saturated heterocycles. The van der Waals surface area contributed by atoms with E-state index in [1.807, 2.05) is 48.7 Å². The fraction of sp³-hybridized carbons (Fsp3) is 0.105. The van der Waals surface area contributed by atoms with E-state index in [1.54, 1.807) is 17.1 Å². The Hall–Kier alpha value is -2.15. The predicted octanol–water partition coefficient (Wildman–Crippen LogP) is 5.36. The maximum Gasteiger partial charge on any atom is 0.267 e. The molecule has 0 spiro atoms. The molecule has 1 fully saturated rings. The highest BCUT2D eigenvalue weighted by Crippen LogP contribution is 2.34. The van der Waals surface area contributed by atoms with Crippen molar-refractivity contribution >= 4 is 57.0 Å². The van der Waals surface area contributed by atoms with Crippen molar-refractivity contribution in [3.8, 4) is 0 Å². The van der Waals surface area contributed by atoms with E-state index in [4.69, 9.17) is 11.6 Å². The molecular weight excluding hydrogens is 386 g/mol. The molecule has 0 saturated carbocycles. The molecule has 2 heterocycles. The summed E-state index contributed by atoms with van der Waals surface area (Å²) in [6.45, 7) is 6.01. The molecule has 132 valence electrons. The van der Waals surface area contributed by atoms with E-state index >= 15 is 0 Å². The van der Waals surface area contributed by atoms with Gasteiger partial charge in [-0.05, 0) is 36.4 Å². The van der Waals surface area contributed by atoms with Crippen LogP contribution in [0.25, 0.3) is 6.08 Å². The number of aliphatic imine (C=N–C) groups is 1. The van der Waals surface area contributed by atoms with E-state index in [2.05, 4.69) is 16.6 Å². The van der Waals surface area contributed by atoms with Gasteiger partial charge in [0.05, 0.1) is 10.6 Å². The minimum atomic E-state index is -0.137. The minimum absolute atomic E-state index is 0.137. The number of nitrogens with zero attached hydrogens (tertiary/aromatic N) is 3. The van der Waals surface area contributed by atoms with Gasteiger partial charge in [-0.1, -0.05) is 48.0 Å². The zero-order valence-electron chi connectivity index (χ0n) is 14.1. The third-order valence-electron chi connectivity index (χ3n) is 3.37. The van der Waals surface area contributed by atoms with Gasteiger partial charge < -0.3 is 0 Å². The van der Waals surface area contributed by atoms with Crippen LogP contribution in [-0.4, -0.2) is 27.5 Å². The number of carbonyl (C=O) groups is 1. The SMILES string of the molecule is C=CCN1C(=O)/C(=C/C(Cl)=C/c2ccccc2)S/C1=N/c1nc(C)cs1. The number of amides is 1.